The van der Waals surface area contributed by atoms with Gasteiger partial charge in [-0.05, 0) is 0 Å². The Balaban J connectivity index is -0.000000000500. The molecule has 0 aliphatic carbocycles. The standard InChI is InChI=1S/ClH.Ir.5H3N/h1H;;5*1H3/q;+1;;;;;/p-1. The van der Waals surface area contributed by atoms with Crippen LogP contribution in [0.3, 0.4) is 0 Å². The van der Waals surface area contributed by atoms with E-state index >= 15 is 0 Å². The van der Waals surface area contributed by atoms with Crippen molar-refractivity contribution >= 4 is 9.58 Å². The van der Waals surface area contributed by atoms with Crippen LogP contribution in [0.5, 0.6) is 0 Å². The van der Waals surface area contributed by atoms with Gasteiger partial charge in [0.05, 0.1) is 0 Å². The van der Waals surface area contributed by atoms with Crippen molar-refractivity contribution in [3.8, 4) is 0 Å². The summed E-state index contributed by atoms with van der Waals surface area (Å²) in [6.07, 6.45) is 0. The number of hydrogen-bond donors (Lipinski definition) is 5. The topological polar surface area (TPSA) is 175 Å². The predicted octanol–water partition coefficient (Wildman–Crippen LogP) is 1.50. The van der Waals surface area contributed by atoms with E-state index in [0.717, 1.165) is 0 Å². The minimum absolute atomic E-state index is 0. The van der Waals surface area contributed by atoms with Crippen LogP contribution >= 0.6 is 9.58 Å². The summed E-state index contributed by atoms with van der Waals surface area (Å²) in [4.78, 5) is 0. The number of hydrogen-bond acceptors (Lipinski definition) is 5. The van der Waals surface area contributed by atoms with Gasteiger partial charge in [0.25, 0.3) is 0 Å². The maximum absolute atomic E-state index is 4.64. The second-order valence-corrected chi connectivity index (χ2v) is 0. The molecule has 0 heterocycles. The summed E-state index contributed by atoms with van der Waals surface area (Å²) in [6, 6.07) is 0. The van der Waals surface area contributed by atoms with Crippen molar-refractivity contribution in [3.05, 3.63) is 0 Å². The molecule has 5 nitrogen and oxygen atoms in total. The molecule has 0 radical (unpaired) electrons. The van der Waals surface area contributed by atoms with Crippen LogP contribution < -0.4 is 30.8 Å². The molecule has 0 amide bonds. The molecule has 0 aromatic rings. The Kier molecular flexibility index (Phi) is 6740. The summed E-state index contributed by atoms with van der Waals surface area (Å²) in [5.41, 5.74) is 0. The molecular weight excluding hydrogens is 298 g/mol. The Morgan fingerprint density at radius 2 is 0.571 bits per heavy atom. The van der Waals surface area contributed by atoms with Crippen LogP contribution in [-0.4, -0.2) is 0 Å². The van der Waals surface area contributed by atoms with E-state index in [0.29, 0.717) is 0 Å². The molecule has 0 aromatic carbocycles. The van der Waals surface area contributed by atoms with Gasteiger partial charge in [0, 0.05) is 0 Å². The van der Waals surface area contributed by atoms with E-state index in [9.17, 15) is 0 Å². The quantitative estimate of drug-likeness (QED) is 0.454. The first kappa shape index (κ1) is 116. The summed E-state index contributed by atoms with van der Waals surface area (Å²) in [7, 11) is 4.64. The molecule has 0 aliphatic heterocycles. The second-order valence-electron chi connectivity index (χ2n) is 0. The molecule has 0 unspecified atom stereocenters. The van der Waals surface area contributed by atoms with E-state index in [1.165, 1.54) is 17.9 Å². The molecule has 0 saturated heterocycles. The van der Waals surface area contributed by atoms with Gasteiger partial charge in [-0.15, -0.1) is 0 Å². The first-order valence-corrected chi connectivity index (χ1v) is 3.09. The SMILES string of the molecule is N.N.N.N.N.[Cl][Ir]. The fourth-order valence-corrected chi connectivity index (χ4v) is 0. The summed E-state index contributed by atoms with van der Waals surface area (Å²) < 4.78 is 0. The van der Waals surface area contributed by atoms with Crippen LogP contribution in [0.4, 0.5) is 0 Å². The van der Waals surface area contributed by atoms with E-state index in [2.05, 4.69) is 9.58 Å². The Morgan fingerprint density at radius 3 is 0.571 bits per heavy atom. The van der Waals surface area contributed by atoms with Gasteiger partial charge >= 0.3 is 27.5 Å². The van der Waals surface area contributed by atoms with Gasteiger partial charge in [-0.3, -0.25) is 0 Å². The van der Waals surface area contributed by atoms with Crippen LogP contribution in [-0.2, 0) is 17.9 Å². The zero-order chi connectivity index (χ0) is 2.00. The van der Waals surface area contributed by atoms with E-state index in [4.69, 9.17) is 0 Å². The summed E-state index contributed by atoms with van der Waals surface area (Å²) in [5.74, 6) is 0. The third-order valence-corrected chi connectivity index (χ3v) is 0. The van der Waals surface area contributed by atoms with Gasteiger partial charge in [0.15, 0.2) is 0 Å². The molecule has 7 heavy (non-hydrogen) atoms. The molecular formula is H15ClIrN5. The fourth-order valence-electron chi connectivity index (χ4n) is 0. The van der Waals surface area contributed by atoms with Crippen molar-refractivity contribution < 1.29 is 17.9 Å². The number of halogens is 1. The van der Waals surface area contributed by atoms with E-state index in [1.807, 2.05) is 0 Å². The Hall–Kier alpha value is 0.739. The molecule has 56 valence electrons. The van der Waals surface area contributed by atoms with Gasteiger partial charge < -0.3 is 30.8 Å². The van der Waals surface area contributed by atoms with E-state index in [1.54, 1.807) is 0 Å². The molecule has 0 aliphatic rings. The van der Waals surface area contributed by atoms with Gasteiger partial charge in [-0.2, -0.15) is 0 Å². The van der Waals surface area contributed by atoms with Gasteiger partial charge in [-0.1, -0.05) is 0 Å². The zero-order valence-corrected chi connectivity index (χ0v) is 7.40. The fraction of sp³-hybridized carbons (Fsp3) is 0. The van der Waals surface area contributed by atoms with Crippen LogP contribution in [0.1, 0.15) is 0 Å². The Morgan fingerprint density at radius 1 is 0.571 bits per heavy atom. The van der Waals surface area contributed by atoms with Gasteiger partial charge in [-0.25, -0.2) is 0 Å². The van der Waals surface area contributed by atoms with Crippen molar-refractivity contribution in [2.45, 2.75) is 0 Å². The molecule has 0 spiro atoms. The zero-order valence-electron chi connectivity index (χ0n) is 4.25. The number of rotatable bonds is 0. The first-order valence-electron chi connectivity index (χ1n) is 0.126. The molecule has 0 atom stereocenters. The third kappa shape index (κ3) is 277. The predicted molar refractivity (Wildman–Crippen MR) is 31.0 cm³/mol. The Bertz CT molecular complexity index is 8.04. The monoisotopic (exact) mass is 313 g/mol. The summed E-state index contributed by atoms with van der Waals surface area (Å²) in [5, 5.41) is 0. The van der Waals surface area contributed by atoms with E-state index in [-0.39, 0.29) is 30.8 Å². The van der Waals surface area contributed by atoms with E-state index < -0.39 is 0 Å². The van der Waals surface area contributed by atoms with Crippen molar-refractivity contribution in [1.82, 2.24) is 30.8 Å². The first-order chi connectivity index (χ1) is 1.00. The summed E-state index contributed by atoms with van der Waals surface area (Å²) in [6.45, 7) is 0. The molecule has 0 aromatic heterocycles. The van der Waals surface area contributed by atoms with Gasteiger partial charge in [0.1, 0.15) is 0 Å². The molecule has 0 saturated carbocycles. The van der Waals surface area contributed by atoms with Gasteiger partial charge in [0.2, 0.25) is 0 Å². The van der Waals surface area contributed by atoms with Crippen LogP contribution in [0, 0.1) is 0 Å². The maximum atomic E-state index is 4.64. The van der Waals surface area contributed by atoms with Crippen molar-refractivity contribution in [1.29, 1.82) is 0 Å². The third-order valence-electron chi connectivity index (χ3n) is 0. The minimum atomic E-state index is 0. The summed E-state index contributed by atoms with van der Waals surface area (Å²) >= 11 is 1.47. The van der Waals surface area contributed by atoms with Crippen molar-refractivity contribution in [2.75, 3.05) is 0 Å². The van der Waals surface area contributed by atoms with Crippen LogP contribution in [0.15, 0.2) is 0 Å². The van der Waals surface area contributed by atoms with Crippen molar-refractivity contribution in [3.63, 3.8) is 0 Å². The van der Waals surface area contributed by atoms with Crippen LogP contribution in [0.25, 0.3) is 0 Å². The van der Waals surface area contributed by atoms with Crippen molar-refractivity contribution in [2.24, 2.45) is 0 Å². The molecule has 15 N–H and O–H groups in total. The molecule has 0 rings (SSSR count). The normalized spacial score (nSPS) is 1.00. The average Bonchev–Trinajstić information content (AvgIpc) is 1.00. The molecule has 7 heteroatoms. The molecule has 0 bridgehead atoms. The van der Waals surface area contributed by atoms with Crippen LogP contribution in [0.2, 0.25) is 0 Å². The molecule has 0 fully saturated rings. The second kappa shape index (κ2) is 406. The average molecular weight is 313 g/mol. The Labute approximate surface area is 58.6 Å².